The minimum absolute atomic E-state index is 0.0881. The van der Waals surface area contributed by atoms with Crippen molar-refractivity contribution in [3.8, 4) is 0 Å². The monoisotopic (exact) mass is 402 g/mol. The van der Waals surface area contributed by atoms with Crippen molar-refractivity contribution in [2.45, 2.75) is 26.6 Å². The highest BCUT2D eigenvalue weighted by Crippen LogP contribution is 2.26. The molecular weight excluding hydrogens is 383 g/mol. The molecule has 2 aromatic rings. The number of carbonyl (C=O) groups excluding carboxylic acids is 1. The van der Waals surface area contributed by atoms with Gasteiger partial charge in [-0.05, 0) is 37.8 Å². The van der Waals surface area contributed by atoms with Crippen molar-refractivity contribution in [3.05, 3.63) is 44.4 Å². The lowest BCUT2D eigenvalue weighted by Gasteiger charge is -2.17. The van der Waals surface area contributed by atoms with Gasteiger partial charge in [-0.15, -0.1) is 0 Å². The lowest BCUT2D eigenvalue weighted by Crippen LogP contribution is -2.23. The number of nitrogens with zero attached hydrogens (tertiary/aromatic N) is 4. The Bertz CT molecular complexity index is 819. The fourth-order valence-corrected chi connectivity index (χ4v) is 2.94. The zero-order valence-corrected chi connectivity index (χ0v) is 16.7. The number of aromatic nitrogens is 3. The zero-order valence-electron chi connectivity index (χ0n) is 14.3. The van der Waals surface area contributed by atoms with Crippen molar-refractivity contribution in [1.29, 1.82) is 0 Å². The fraction of sp³-hybridized carbons (Fsp3) is 0.438. The van der Waals surface area contributed by atoms with Crippen LogP contribution in [0.2, 0.25) is 10.0 Å². The standard InChI is InChI=1S/C16H20Cl2N4O2S/c1-4-24-14(23)8-13-19-22(16(25)21(13)3)10-20(2)9-11-6-5-7-12(17)15(11)18/h5-7H,4,8-10H2,1-3H3. The first-order valence-corrected chi connectivity index (χ1v) is 8.89. The number of hydrogen-bond donors (Lipinski definition) is 0. The van der Waals surface area contributed by atoms with Crippen LogP contribution in [0.15, 0.2) is 18.2 Å². The van der Waals surface area contributed by atoms with Crippen LogP contribution >= 0.6 is 35.4 Å². The van der Waals surface area contributed by atoms with E-state index in [4.69, 9.17) is 40.2 Å². The third kappa shape index (κ3) is 5.04. The van der Waals surface area contributed by atoms with Gasteiger partial charge in [0.1, 0.15) is 12.2 Å². The van der Waals surface area contributed by atoms with Crippen LogP contribution in [-0.2, 0) is 36.2 Å². The van der Waals surface area contributed by atoms with Gasteiger partial charge in [0.2, 0.25) is 0 Å². The summed E-state index contributed by atoms with van der Waals surface area (Å²) in [5.41, 5.74) is 0.922. The first-order valence-electron chi connectivity index (χ1n) is 7.73. The summed E-state index contributed by atoms with van der Waals surface area (Å²) >= 11 is 17.7. The maximum Gasteiger partial charge on any atom is 0.313 e. The predicted molar refractivity (Wildman–Crippen MR) is 100 cm³/mol. The predicted octanol–water partition coefficient (Wildman–Crippen LogP) is 3.45. The Morgan fingerprint density at radius 2 is 2.12 bits per heavy atom. The maximum absolute atomic E-state index is 11.7. The summed E-state index contributed by atoms with van der Waals surface area (Å²) in [5.74, 6) is 0.245. The van der Waals surface area contributed by atoms with Crippen molar-refractivity contribution >= 4 is 41.4 Å². The SMILES string of the molecule is CCOC(=O)Cc1nn(CN(C)Cc2cccc(Cl)c2Cl)c(=S)n1C. The third-order valence-corrected chi connectivity index (χ3v) is 4.93. The molecule has 0 N–H and O–H groups in total. The van der Waals surface area contributed by atoms with Crippen molar-refractivity contribution in [2.24, 2.45) is 7.05 Å². The summed E-state index contributed by atoms with van der Waals surface area (Å²) in [5, 5.41) is 5.50. The molecule has 1 aromatic carbocycles. The van der Waals surface area contributed by atoms with Gasteiger partial charge >= 0.3 is 5.97 Å². The zero-order chi connectivity index (χ0) is 18.6. The summed E-state index contributed by atoms with van der Waals surface area (Å²) in [6, 6.07) is 5.54. The highest BCUT2D eigenvalue weighted by Gasteiger charge is 2.14. The Morgan fingerprint density at radius 3 is 2.80 bits per heavy atom. The van der Waals surface area contributed by atoms with Gasteiger partial charge in [-0.3, -0.25) is 9.69 Å². The van der Waals surface area contributed by atoms with Crippen LogP contribution in [0.25, 0.3) is 0 Å². The van der Waals surface area contributed by atoms with Crippen molar-refractivity contribution in [3.63, 3.8) is 0 Å². The van der Waals surface area contributed by atoms with Crippen LogP contribution in [0.4, 0.5) is 0 Å². The van der Waals surface area contributed by atoms with E-state index >= 15 is 0 Å². The average molecular weight is 403 g/mol. The van der Waals surface area contributed by atoms with Crippen LogP contribution < -0.4 is 0 Å². The number of carbonyl (C=O) groups is 1. The van der Waals surface area contributed by atoms with Crippen LogP contribution in [0.3, 0.4) is 0 Å². The molecule has 0 atom stereocenters. The van der Waals surface area contributed by atoms with Gasteiger partial charge in [0.15, 0.2) is 4.77 Å². The second-order valence-corrected chi connectivity index (χ2v) is 6.76. The number of rotatable bonds is 7. The summed E-state index contributed by atoms with van der Waals surface area (Å²) in [6.45, 7) is 3.15. The first-order chi connectivity index (χ1) is 11.8. The normalized spacial score (nSPS) is 11.1. The molecule has 0 unspecified atom stereocenters. The fourth-order valence-electron chi connectivity index (χ4n) is 2.36. The Kier molecular flexibility index (Phi) is 7.01. The number of halogens is 2. The van der Waals surface area contributed by atoms with Gasteiger partial charge in [-0.2, -0.15) is 5.10 Å². The molecule has 0 aliphatic heterocycles. The van der Waals surface area contributed by atoms with E-state index in [0.717, 1.165) is 5.56 Å². The molecule has 0 saturated carbocycles. The molecule has 6 nitrogen and oxygen atoms in total. The number of benzene rings is 1. The Labute approximate surface area is 161 Å². The Hall–Kier alpha value is -1.41. The topological polar surface area (TPSA) is 52.3 Å². The maximum atomic E-state index is 11.7. The molecule has 9 heteroatoms. The van der Waals surface area contributed by atoms with Crippen LogP contribution in [-0.4, -0.2) is 38.9 Å². The van der Waals surface area contributed by atoms with Gasteiger partial charge in [0, 0.05) is 13.6 Å². The van der Waals surface area contributed by atoms with Gasteiger partial charge in [-0.1, -0.05) is 35.3 Å². The Balaban J connectivity index is 2.10. The molecular formula is C16H20Cl2N4O2S. The molecule has 0 amide bonds. The number of esters is 1. The minimum Gasteiger partial charge on any atom is -0.466 e. The van der Waals surface area contributed by atoms with Gasteiger partial charge in [0.25, 0.3) is 0 Å². The molecule has 0 aliphatic rings. The van der Waals surface area contributed by atoms with E-state index in [2.05, 4.69) is 5.10 Å². The summed E-state index contributed by atoms with van der Waals surface area (Å²) in [6.07, 6.45) is 0.0881. The lowest BCUT2D eigenvalue weighted by atomic mass is 10.2. The van der Waals surface area contributed by atoms with Crippen molar-refractivity contribution in [1.82, 2.24) is 19.2 Å². The minimum atomic E-state index is -0.322. The van der Waals surface area contributed by atoms with E-state index in [1.165, 1.54) is 0 Å². The second-order valence-electron chi connectivity index (χ2n) is 5.61. The van der Waals surface area contributed by atoms with Gasteiger partial charge in [0.05, 0.1) is 23.3 Å². The van der Waals surface area contributed by atoms with E-state index in [0.29, 0.717) is 40.5 Å². The first kappa shape index (κ1) is 19.9. The van der Waals surface area contributed by atoms with Gasteiger partial charge < -0.3 is 9.30 Å². The van der Waals surface area contributed by atoms with Crippen LogP contribution in [0.5, 0.6) is 0 Å². The molecule has 0 fully saturated rings. The highest BCUT2D eigenvalue weighted by molar-refractivity contribution is 7.71. The Morgan fingerprint density at radius 1 is 1.40 bits per heavy atom. The number of hydrogen-bond acceptors (Lipinski definition) is 5. The van der Waals surface area contributed by atoms with Crippen molar-refractivity contribution in [2.75, 3.05) is 13.7 Å². The summed E-state index contributed by atoms with van der Waals surface area (Å²) in [7, 11) is 3.72. The van der Waals surface area contributed by atoms with E-state index in [9.17, 15) is 4.79 Å². The summed E-state index contributed by atoms with van der Waals surface area (Å²) < 4.78 is 8.88. The van der Waals surface area contributed by atoms with Gasteiger partial charge in [-0.25, -0.2) is 4.68 Å². The van der Waals surface area contributed by atoms with Crippen LogP contribution in [0, 0.1) is 4.77 Å². The molecule has 0 saturated heterocycles. The third-order valence-electron chi connectivity index (χ3n) is 3.59. The molecule has 0 spiro atoms. The molecule has 0 bridgehead atoms. The lowest BCUT2D eigenvalue weighted by molar-refractivity contribution is -0.142. The summed E-state index contributed by atoms with van der Waals surface area (Å²) in [4.78, 5) is 13.7. The molecule has 1 aromatic heterocycles. The van der Waals surface area contributed by atoms with Crippen LogP contribution in [0.1, 0.15) is 18.3 Å². The molecule has 0 radical (unpaired) electrons. The highest BCUT2D eigenvalue weighted by atomic mass is 35.5. The average Bonchev–Trinajstić information content (AvgIpc) is 2.80. The van der Waals surface area contributed by atoms with E-state index in [1.54, 1.807) is 29.3 Å². The van der Waals surface area contributed by atoms with Crippen molar-refractivity contribution < 1.29 is 9.53 Å². The molecule has 0 aliphatic carbocycles. The molecule has 136 valence electrons. The molecule has 2 rings (SSSR count). The smallest absolute Gasteiger partial charge is 0.313 e. The van der Waals surface area contributed by atoms with E-state index in [1.807, 2.05) is 24.1 Å². The van der Waals surface area contributed by atoms with E-state index in [-0.39, 0.29) is 12.4 Å². The molecule has 1 heterocycles. The second kappa shape index (κ2) is 8.80. The largest absolute Gasteiger partial charge is 0.466 e. The van der Waals surface area contributed by atoms with E-state index < -0.39 is 0 Å². The quantitative estimate of drug-likeness (QED) is 0.524. The number of ether oxygens (including phenoxy) is 1. The molecule has 25 heavy (non-hydrogen) atoms.